The van der Waals surface area contributed by atoms with Gasteiger partial charge in [-0.05, 0) is 38.5 Å². The van der Waals surface area contributed by atoms with Gasteiger partial charge in [-0.1, -0.05) is 0 Å². The zero-order valence-corrected chi connectivity index (χ0v) is 23.7. The van der Waals surface area contributed by atoms with Crippen LogP contribution in [0.2, 0.25) is 0 Å². The van der Waals surface area contributed by atoms with Gasteiger partial charge in [0.05, 0.1) is 52.1 Å². The summed E-state index contributed by atoms with van der Waals surface area (Å²) in [5, 5.41) is 14.6. The lowest BCUT2D eigenvalue weighted by Gasteiger charge is -2.15. The first-order valence-electron chi connectivity index (χ1n) is 12.9. The average molecular weight is 592 g/mol. The monoisotopic (exact) mass is 591 g/mol. The molecule has 216 valence electrons. The molecule has 1 unspecified atom stereocenters. The molecule has 1 atom stereocenters. The molecule has 2 aromatic carbocycles. The van der Waals surface area contributed by atoms with Crippen LogP contribution in [0.15, 0.2) is 42.9 Å². The normalized spacial score (nSPS) is 11.8. The zero-order chi connectivity index (χ0) is 29.8. The molecular formula is C28H26FN7O5S. The molecule has 5 aromatic rings. The first-order valence-corrected chi connectivity index (χ1v) is 13.7. The number of ether oxygens (including phenoxy) is 2. The molecule has 5 rings (SSSR count). The van der Waals surface area contributed by atoms with E-state index in [0.29, 0.717) is 43.3 Å². The number of amides is 2. The molecule has 2 amide bonds. The second-order valence-electron chi connectivity index (χ2n) is 9.36. The Labute approximate surface area is 243 Å². The predicted molar refractivity (Wildman–Crippen MR) is 154 cm³/mol. The number of carbonyl (C=O) groups excluding carboxylic acids is 2. The first-order chi connectivity index (χ1) is 20.2. The Hall–Kier alpha value is -4.82. The van der Waals surface area contributed by atoms with E-state index in [4.69, 9.17) is 14.6 Å². The highest BCUT2D eigenvalue weighted by Crippen LogP contribution is 2.37. The van der Waals surface area contributed by atoms with E-state index in [9.17, 15) is 14.0 Å². The minimum Gasteiger partial charge on any atom is -0.484 e. The summed E-state index contributed by atoms with van der Waals surface area (Å²) in [4.78, 5) is 45.9. The van der Waals surface area contributed by atoms with Crippen molar-refractivity contribution in [2.75, 3.05) is 25.1 Å². The van der Waals surface area contributed by atoms with Gasteiger partial charge >= 0.3 is 6.09 Å². The molecule has 0 fully saturated rings. The van der Waals surface area contributed by atoms with Crippen LogP contribution in [0, 0.1) is 19.7 Å². The van der Waals surface area contributed by atoms with Crippen molar-refractivity contribution < 1.29 is 28.6 Å². The lowest BCUT2D eigenvalue weighted by atomic mass is 10.1. The van der Waals surface area contributed by atoms with Gasteiger partial charge in [0.15, 0.2) is 11.6 Å². The Kier molecular flexibility index (Phi) is 8.45. The molecule has 0 radical (unpaired) electrons. The number of aromatic nitrogens is 5. The number of benzene rings is 2. The second kappa shape index (κ2) is 12.4. The van der Waals surface area contributed by atoms with Crippen molar-refractivity contribution in [3.63, 3.8) is 0 Å². The van der Waals surface area contributed by atoms with Crippen LogP contribution in [0.5, 0.6) is 5.75 Å². The van der Waals surface area contributed by atoms with Gasteiger partial charge in [0.1, 0.15) is 29.2 Å². The van der Waals surface area contributed by atoms with E-state index in [1.54, 1.807) is 19.9 Å². The predicted octanol–water partition coefficient (Wildman–Crippen LogP) is 4.19. The van der Waals surface area contributed by atoms with Crippen molar-refractivity contribution in [2.24, 2.45) is 0 Å². The van der Waals surface area contributed by atoms with E-state index in [0.717, 1.165) is 5.56 Å². The van der Waals surface area contributed by atoms with E-state index in [-0.39, 0.29) is 31.2 Å². The summed E-state index contributed by atoms with van der Waals surface area (Å²) in [6.07, 6.45) is 2.92. The fraction of sp³-hybridized carbons (Fsp3) is 0.250. The molecule has 0 saturated carbocycles. The molecule has 0 bridgehead atoms. The maximum atomic E-state index is 15.0. The number of aliphatic hydroxyl groups excluding tert-OH is 1. The number of carbonyl (C=O) groups is 2. The number of fused-ring (bicyclic) bond motifs is 2. The van der Waals surface area contributed by atoms with E-state index in [1.807, 2.05) is 19.1 Å². The number of nitrogens with zero attached hydrogens (tertiary/aromatic N) is 5. The number of nitrogens with one attached hydrogen (secondary N) is 2. The second-order valence-corrected chi connectivity index (χ2v) is 10.4. The van der Waals surface area contributed by atoms with Crippen molar-refractivity contribution >= 4 is 50.3 Å². The third kappa shape index (κ3) is 6.56. The Morgan fingerprint density at radius 3 is 2.60 bits per heavy atom. The summed E-state index contributed by atoms with van der Waals surface area (Å²) in [5.41, 5.74) is 3.55. The first kappa shape index (κ1) is 28.7. The maximum Gasteiger partial charge on any atom is 0.411 e. The third-order valence-electron chi connectivity index (χ3n) is 5.90. The van der Waals surface area contributed by atoms with Crippen LogP contribution in [0.1, 0.15) is 28.8 Å². The van der Waals surface area contributed by atoms with Gasteiger partial charge in [0, 0.05) is 24.2 Å². The van der Waals surface area contributed by atoms with Crippen molar-refractivity contribution in [2.45, 2.75) is 26.9 Å². The zero-order valence-electron chi connectivity index (χ0n) is 22.8. The number of hydrogen-bond acceptors (Lipinski definition) is 11. The maximum absolute atomic E-state index is 15.0. The Balaban J connectivity index is 1.32. The molecule has 0 spiro atoms. The topological polar surface area (TPSA) is 161 Å². The van der Waals surface area contributed by atoms with Gasteiger partial charge in [-0.25, -0.2) is 29.1 Å². The smallest absolute Gasteiger partial charge is 0.411 e. The molecular weight excluding hydrogens is 565 g/mol. The quantitative estimate of drug-likeness (QED) is 0.227. The minimum atomic E-state index is -0.715. The van der Waals surface area contributed by atoms with E-state index in [2.05, 4.69) is 35.6 Å². The fourth-order valence-electron chi connectivity index (χ4n) is 3.99. The number of halogens is 1. The number of rotatable bonds is 9. The van der Waals surface area contributed by atoms with Crippen LogP contribution in [0.25, 0.3) is 31.8 Å². The molecule has 0 aliphatic carbocycles. The Bertz CT molecular complexity index is 1780. The van der Waals surface area contributed by atoms with E-state index < -0.39 is 23.9 Å². The van der Waals surface area contributed by atoms with Gasteiger partial charge in [0.25, 0.3) is 5.91 Å². The molecule has 0 aliphatic rings. The number of aliphatic hydroxyl groups is 1. The lowest BCUT2D eigenvalue weighted by molar-refractivity contribution is 0.0939. The van der Waals surface area contributed by atoms with Gasteiger partial charge in [-0.2, -0.15) is 0 Å². The van der Waals surface area contributed by atoms with Crippen LogP contribution < -0.4 is 15.4 Å². The summed E-state index contributed by atoms with van der Waals surface area (Å²) in [5.74, 6) is -0.488. The van der Waals surface area contributed by atoms with Gasteiger partial charge < -0.3 is 19.9 Å². The number of thiazole rings is 1. The standard InChI is InChI=1S/C28H26FN7O5S/c1-14-6-18(25-21(7-14)35-22(12-33-25)26(38)30-4-5-37)27-36-20-8-19(29)23(9-24(20)42-27)41-15(2)13-40-28(39)34-17-10-31-16(3)32-11-17/h6-12,15,37H,4-5,13H2,1-3H3,(H,30,38)(H,34,39). The van der Waals surface area contributed by atoms with Crippen LogP contribution in [-0.4, -0.2) is 67.9 Å². The molecule has 3 heterocycles. The third-order valence-corrected chi connectivity index (χ3v) is 6.95. The van der Waals surface area contributed by atoms with Crippen LogP contribution >= 0.6 is 11.3 Å². The van der Waals surface area contributed by atoms with Crippen LogP contribution in [0.3, 0.4) is 0 Å². The molecule has 0 aliphatic heterocycles. The summed E-state index contributed by atoms with van der Waals surface area (Å²) in [7, 11) is 0. The Morgan fingerprint density at radius 1 is 1.05 bits per heavy atom. The van der Waals surface area contributed by atoms with Gasteiger partial charge in [0.2, 0.25) is 0 Å². The van der Waals surface area contributed by atoms with Crippen LogP contribution in [0.4, 0.5) is 14.9 Å². The fourth-order valence-corrected chi connectivity index (χ4v) is 4.98. The number of hydrogen-bond donors (Lipinski definition) is 3. The molecule has 42 heavy (non-hydrogen) atoms. The van der Waals surface area contributed by atoms with Crippen molar-refractivity contribution in [3.05, 3.63) is 65.8 Å². The molecule has 3 N–H and O–H groups in total. The highest BCUT2D eigenvalue weighted by atomic mass is 32.1. The molecule has 12 nitrogen and oxygen atoms in total. The van der Waals surface area contributed by atoms with Crippen molar-refractivity contribution in [3.8, 4) is 16.3 Å². The molecule has 14 heteroatoms. The van der Waals surface area contributed by atoms with Crippen molar-refractivity contribution in [1.82, 2.24) is 30.2 Å². The highest BCUT2D eigenvalue weighted by molar-refractivity contribution is 7.21. The van der Waals surface area contributed by atoms with Gasteiger partial charge in [-0.15, -0.1) is 11.3 Å². The largest absolute Gasteiger partial charge is 0.484 e. The SMILES string of the molecule is Cc1cc(-c2nc3cc(F)c(OC(C)COC(=O)Nc4cnc(C)nc4)cc3s2)c2ncc(C(=O)NCCO)nc2c1. The summed E-state index contributed by atoms with van der Waals surface area (Å²) in [6.45, 7) is 5.06. The summed E-state index contributed by atoms with van der Waals surface area (Å²) in [6, 6.07) is 6.56. The number of aryl methyl sites for hydroxylation is 2. The number of anilines is 1. The lowest BCUT2D eigenvalue weighted by Crippen LogP contribution is -2.27. The van der Waals surface area contributed by atoms with Crippen molar-refractivity contribution in [1.29, 1.82) is 0 Å². The summed E-state index contributed by atoms with van der Waals surface area (Å²) < 4.78 is 26.6. The highest BCUT2D eigenvalue weighted by Gasteiger charge is 2.18. The van der Waals surface area contributed by atoms with Gasteiger partial charge in [-0.3, -0.25) is 15.1 Å². The Morgan fingerprint density at radius 2 is 1.83 bits per heavy atom. The van der Waals surface area contributed by atoms with E-state index >= 15 is 0 Å². The van der Waals surface area contributed by atoms with E-state index in [1.165, 1.54) is 36.0 Å². The van der Waals surface area contributed by atoms with Crippen LogP contribution in [-0.2, 0) is 4.74 Å². The average Bonchev–Trinajstić information content (AvgIpc) is 3.37. The minimum absolute atomic E-state index is 0.00596. The molecule has 3 aromatic heterocycles. The molecule has 0 saturated heterocycles. The summed E-state index contributed by atoms with van der Waals surface area (Å²) >= 11 is 1.33.